The molecule has 1 unspecified atom stereocenters. The summed E-state index contributed by atoms with van der Waals surface area (Å²) in [4.78, 5) is 0. The highest BCUT2D eigenvalue weighted by atomic mass is 15.2. The first-order valence-electron chi connectivity index (χ1n) is 8.52. The average molecular weight is 314 g/mol. The molecule has 0 aromatic carbocycles. The van der Waals surface area contributed by atoms with Gasteiger partial charge in [-0.2, -0.15) is 0 Å². The van der Waals surface area contributed by atoms with E-state index in [0.29, 0.717) is 19.0 Å². The molecule has 0 saturated carbocycles. The normalized spacial score (nSPS) is 37.4. The summed E-state index contributed by atoms with van der Waals surface area (Å²) in [6.45, 7) is 9.87. The van der Waals surface area contributed by atoms with Gasteiger partial charge < -0.3 is 38.1 Å². The Labute approximate surface area is 133 Å². The lowest BCUT2D eigenvalue weighted by atomic mass is 9.96. The van der Waals surface area contributed by atoms with Crippen LogP contribution in [0.15, 0.2) is 0 Å². The van der Waals surface area contributed by atoms with Crippen LogP contribution in [0.4, 0.5) is 0 Å². The molecule has 8 heteroatoms. The zero-order valence-corrected chi connectivity index (χ0v) is 13.6. The Morgan fingerprint density at radius 1 is 0.682 bits per heavy atom. The molecule has 3 aliphatic rings. The number of fused-ring (bicyclic) bond motifs is 15. The summed E-state index contributed by atoms with van der Waals surface area (Å²) < 4.78 is 0. The van der Waals surface area contributed by atoms with Gasteiger partial charge >= 0.3 is 0 Å². The van der Waals surface area contributed by atoms with E-state index in [-0.39, 0.29) is 6.17 Å². The number of hydrogen-bond acceptors (Lipinski definition) is 8. The van der Waals surface area contributed by atoms with Crippen molar-refractivity contribution in [1.29, 1.82) is 0 Å². The molecule has 0 radical (unpaired) electrons. The second-order valence-corrected chi connectivity index (χ2v) is 6.50. The Bertz CT molecular complexity index is 285. The molecule has 0 aromatic rings. The lowest BCUT2D eigenvalue weighted by Gasteiger charge is -2.37. The third-order valence-electron chi connectivity index (χ3n) is 4.45. The van der Waals surface area contributed by atoms with Crippen molar-refractivity contribution in [3.05, 3.63) is 0 Å². The molecule has 3 aliphatic heterocycles. The lowest BCUT2D eigenvalue weighted by molar-refractivity contribution is 0.269. The van der Waals surface area contributed by atoms with Crippen molar-refractivity contribution in [2.75, 3.05) is 72.0 Å². The molecule has 0 amide bonds. The van der Waals surface area contributed by atoms with Crippen molar-refractivity contribution in [3.63, 3.8) is 0 Å². The Kier molecular flexibility index (Phi) is 7.98. The molecule has 22 heavy (non-hydrogen) atoms. The molecule has 3 heterocycles. The molecule has 3 rings (SSSR count). The molecule has 0 spiro atoms. The van der Waals surface area contributed by atoms with Gasteiger partial charge in [-0.15, -0.1) is 0 Å². The monoisotopic (exact) mass is 314 g/mol. The molecule has 10 N–H and O–H groups in total. The molecule has 8 nitrogen and oxygen atoms in total. The van der Waals surface area contributed by atoms with Crippen LogP contribution in [0.2, 0.25) is 0 Å². The first-order chi connectivity index (χ1) is 10.7. The molecule has 2 bridgehead atoms. The van der Waals surface area contributed by atoms with Gasteiger partial charge in [-0.25, -0.2) is 0 Å². The largest absolute Gasteiger partial charge is 0.321 e. The van der Waals surface area contributed by atoms with Gasteiger partial charge in [0, 0.05) is 72.0 Å². The van der Waals surface area contributed by atoms with E-state index in [4.69, 9.17) is 11.5 Å². The fourth-order valence-corrected chi connectivity index (χ4v) is 2.93. The van der Waals surface area contributed by atoms with Gasteiger partial charge in [-0.3, -0.25) is 5.32 Å². The van der Waals surface area contributed by atoms with Gasteiger partial charge in [-0.1, -0.05) is 0 Å². The van der Waals surface area contributed by atoms with E-state index < -0.39 is 5.54 Å². The predicted octanol–water partition coefficient (Wildman–Crippen LogP) is -3.85. The van der Waals surface area contributed by atoms with Crippen LogP contribution in [0.25, 0.3) is 0 Å². The summed E-state index contributed by atoms with van der Waals surface area (Å²) in [6, 6.07) is 0. The van der Waals surface area contributed by atoms with Gasteiger partial charge in [0.25, 0.3) is 0 Å². The van der Waals surface area contributed by atoms with Crippen LogP contribution in [-0.2, 0) is 0 Å². The van der Waals surface area contributed by atoms with Gasteiger partial charge in [-0.05, 0) is 5.92 Å². The molecule has 1 atom stereocenters. The summed E-state index contributed by atoms with van der Waals surface area (Å²) in [5, 5.41) is 20.8. The minimum absolute atomic E-state index is 0.239. The van der Waals surface area contributed by atoms with E-state index in [1.807, 2.05) is 0 Å². The summed E-state index contributed by atoms with van der Waals surface area (Å²) in [5.74, 6) is 0.591. The predicted molar refractivity (Wildman–Crippen MR) is 90.7 cm³/mol. The van der Waals surface area contributed by atoms with E-state index >= 15 is 0 Å². The fourth-order valence-electron chi connectivity index (χ4n) is 2.93. The van der Waals surface area contributed by atoms with Crippen molar-refractivity contribution in [1.82, 2.24) is 31.9 Å². The Hall–Kier alpha value is -0.320. The fraction of sp³-hybridized carbons (Fsp3) is 1.00. The highest BCUT2D eigenvalue weighted by Crippen LogP contribution is 2.02. The Morgan fingerprint density at radius 2 is 1.14 bits per heavy atom. The van der Waals surface area contributed by atoms with Gasteiger partial charge in [0.05, 0.1) is 11.7 Å². The Balaban J connectivity index is 2.03. The summed E-state index contributed by atoms with van der Waals surface area (Å²) in [7, 11) is 0. The number of rotatable bonds is 0. The van der Waals surface area contributed by atoms with Crippen molar-refractivity contribution < 1.29 is 0 Å². The second kappa shape index (κ2) is 9.74. The van der Waals surface area contributed by atoms with Crippen LogP contribution in [0.5, 0.6) is 0 Å². The van der Waals surface area contributed by atoms with Crippen LogP contribution in [-0.4, -0.2) is 83.7 Å². The van der Waals surface area contributed by atoms with Gasteiger partial charge in [0.15, 0.2) is 0 Å². The van der Waals surface area contributed by atoms with E-state index in [1.165, 1.54) is 0 Å². The maximum atomic E-state index is 6.57. The van der Waals surface area contributed by atoms with E-state index in [1.54, 1.807) is 0 Å². The van der Waals surface area contributed by atoms with Crippen molar-refractivity contribution in [2.45, 2.75) is 11.7 Å². The first-order valence-corrected chi connectivity index (χ1v) is 8.52. The van der Waals surface area contributed by atoms with Crippen LogP contribution in [0.3, 0.4) is 0 Å². The van der Waals surface area contributed by atoms with Gasteiger partial charge in [0.2, 0.25) is 0 Å². The zero-order chi connectivity index (χ0) is 15.7. The zero-order valence-electron chi connectivity index (χ0n) is 13.6. The number of hydrogen-bond donors (Lipinski definition) is 8. The van der Waals surface area contributed by atoms with Crippen LogP contribution >= 0.6 is 0 Å². The maximum Gasteiger partial charge on any atom is 0.0757 e. The standard InChI is InChI=1S/C14H34N8/c15-13-14(16)10-20-3-1-17-7-12(9-19-5-6-22-13)8-18-2-4-21-11-14/h12-13,17-22H,1-11,15-16H2. The highest BCUT2D eigenvalue weighted by molar-refractivity contribution is 4.97. The van der Waals surface area contributed by atoms with Crippen molar-refractivity contribution >= 4 is 0 Å². The third kappa shape index (κ3) is 6.05. The molecule has 3 saturated heterocycles. The van der Waals surface area contributed by atoms with Crippen LogP contribution in [0.1, 0.15) is 0 Å². The van der Waals surface area contributed by atoms with Crippen LogP contribution < -0.4 is 43.4 Å². The SMILES string of the molecule is NC1NCCNCC2CNCCNCC1(N)CNCCNC2. The topological polar surface area (TPSA) is 124 Å². The minimum Gasteiger partial charge on any atom is -0.321 e. The quantitative estimate of drug-likeness (QED) is 0.229. The summed E-state index contributed by atoms with van der Waals surface area (Å²) >= 11 is 0. The number of nitrogens with one attached hydrogen (secondary N) is 6. The number of nitrogens with two attached hydrogens (primary N) is 2. The third-order valence-corrected chi connectivity index (χ3v) is 4.45. The average Bonchev–Trinajstić information content (AvgIpc) is 2.51. The minimum atomic E-state index is -0.503. The molecule has 0 aromatic heterocycles. The lowest BCUT2D eigenvalue weighted by Crippen LogP contribution is -2.70. The van der Waals surface area contributed by atoms with E-state index in [2.05, 4.69) is 31.9 Å². The maximum absolute atomic E-state index is 6.57. The first kappa shape index (κ1) is 18.0. The van der Waals surface area contributed by atoms with Gasteiger partial charge in [0.1, 0.15) is 0 Å². The van der Waals surface area contributed by atoms with Crippen molar-refractivity contribution in [2.24, 2.45) is 17.4 Å². The molecule has 3 fully saturated rings. The molecule has 130 valence electrons. The van der Waals surface area contributed by atoms with E-state index in [9.17, 15) is 0 Å². The Morgan fingerprint density at radius 3 is 1.68 bits per heavy atom. The molecular formula is C14H34N8. The molecule has 0 aliphatic carbocycles. The van der Waals surface area contributed by atoms with E-state index in [0.717, 1.165) is 58.9 Å². The van der Waals surface area contributed by atoms with Crippen molar-refractivity contribution in [3.8, 4) is 0 Å². The smallest absolute Gasteiger partial charge is 0.0757 e. The molecular weight excluding hydrogens is 280 g/mol. The summed E-state index contributed by atoms with van der Waals surface area (Å²) in [6.07, 6.45) is -0.239. The second-order valence-electron chi connectivity index (χ2n) is 6.50. The highest BCUT2D eigenvalue weighted by Gasteiger charge is 2.31. The summed E-state index contributed by atoms with van der Waals surface area (Å²) in [5.41, 5.74) is 12.4. The van der Waals surface area contributed by atoms with Crippen LogP contribution in [0, 0.1) is 5.92 Å².